The molecule has 1 fully saturated rings. The number of ether oxygens (including phenoxy) is 2. The first-order chi connectivity index (χ1) is 11.1. The van der Waals surface area contributed by atoms with Gasteiger partial charge in [-0.3, -0.25) is 4.79 Å². The lowest BCUT2D eigenvalue weighted by atomic mass is 9.87. The molecule has 0 amide bonds. The second-order valence-corrected chi connectivity index (χ2v) is 5.69. The molecule has 1 saturated carbocycles. The highest BCUT2D eigenvalue weighted by Crippen LogP contribution is 2.43. The fourth-order valence-electron chi connectivity index (χ4n) is 3.22. The summed E-state index contributed by atoms with van der Waals surface area (Å²) in [6, 6.07) is 7.65. The topological polar surface area (TPSA) is 52.6 Å². The number of esters is 1. The van der Waals surface area contributed by atoms with E-state index >= 15 is 0 Å². The number of hydrogen-bond donors (Lipinski definition) is 0. The Morgan fingerprint density at radius 3 is 2.43 bits per heavy atom. The van der Waals surface area contributed by atoms with Gasteiger partial charge in [0.05, 0.1) is 20.1 Å². The molecular formula is C19H22O4. The van der Waals surface area contributed by atoms with Gasteiger partial charge in [-0.2, -0.15) is 0 Å². The van der Waals surface area contributed by atoms with E-state index in [1.54, 1.807) is 13.2 Å². The third-order valence-corrected chi connectivity index (χ3v) is 4.50. The third kappa shape index (κ3) is 3.70. The Morgan fingerprint density at radius 1 is 1.22 bits per heavy atom. The summed E-state index contributed by atoms with van der Waals surface area (Å²) in [5, 5.41) is 0. The van der Waals surface area contributed by atoms with Crippen LogP contribution in [0.2, 0.25) is 0 Å². The number of aldehydes is 1. The Bertz CT molecular complexity index is 588. The molecule has 0 N–H and O–H groups in total. The lowest BCUT2D eigenvalue weighted by Crippen LogP contribution is -2.27. The van der Waals surface area contributed by atoms with Gasteiger partial charge in [-0.05, 0) is 36.0 Å². The molecule has 0 bridgehead atoms. The van der Waals surface area contributed by atoms with Crippen molar-refractivity contribution in [3.63, 3.8) is 0 Å². The van der Waals surface area contributed by atoms with Crippen molar-refractivity contribution in [3.05, 3.63) is 48.6 Å². The fourth-order valence-corrected chi connectivity index (χ4v) is 3.22. The highest BCUT2D eigenvalue weighted by atomic mass is 16.5. The molecule has 4 atom stereocenters. The van der Waals surface area contributed by atoms with E-state index < -0.39 is 5.92 Å². The van der Waals surface area contributed by atoms with E-state index in [0.29, 0.717) is 0 Å². The van der Waals surface area contributed by atoms with Crippen molar-refractivity contribution in [2.45, 2.75) is 6.42 Å². The second kappa shape index (κ2) is 7.77. The van der Waals surface area contributed by atoms with E-state index in [1.165, 1.54) is 7.11 Å². The molecule has 0 radical (unpaired) electrons. The molecular weight excluding hydrogens is 292 g/mol. The van der Waals surface area contributed by atoms with Gasteiger partial charge in [-0.15, -0.1) is 6.58 Å². The van der Waals surface area contributed by atoms with Gasteiger partial charge in [0.1, 0.15) is 12.0 Å². The minimum atomic E-state index is -0.449. The van der Waals surface area contributed by atoms with Crippen LogP contribution in [0.4, 0.5) is 0 Å². The molecule has 0 aromatic heterocycles. The smallest absolute Gasteiger partial charge is 0.310 e. The van der Waals surface area contributed by atoms with Crippen LogP contribution in [0, 0.1) is 23.7 Å². The lowest BCUT2D eigenvalue weighted by Gasteiger charge is -2.17. The van der Waals surface area contributed by atoms with Crippen LogP contribution in [0.5, 0.6) is 5.75 Å². The minimum absolute atomic E-state index is 0.00196. The van der Waals surface area contributed by atoms with Crippen molar-refractivity contribution in [2.75, 3.05) is 14.2 Å². The van der Waals surface area contributed by atoms with E-state index in [9.17, 15) is 9.59 Å². The van der Waals surface area contributed by atoms with E-state index in [2.05, 4.69) is 6.58 Å². The first-order valence-electron chi connectivity index (χ1n) is 7.62. The summed E-state index contributed by atoms with van der Waals surface area (Å²) < 4.78 is 10.0. The third-order valence-electron chi connectivity index (χ3n) is 4.50. The van der Waals surface area contributed by atoms with Gasteiger partial charge in [0.2, 0.25) is 0 Å². The molecule has 1 aromatic rings. The number of methoxy groups -OCH3 is 2. The van der Waals surface area contributed by atoms with E-state index in [4.69, 9.17) is 9.47 Å². The summed E-state index contributed by atoms with van der Waals surface area (Å²) in [7, 11) is 2.98. The highest BCUT2D eigenvalue weighted by Gasteiger charge is 2.45. The molecule has 0 heterocycles. The Labute approximate surface area is 136 Å². The van der Waals surface area contributed by atoms with Crippen molar-refractivity contribution in [1.82, 2.24) is 0 Å². The van der Waals surface area contributed by atoms with Crippen LogP contribution >= 0.6 is 0 Å². The van der Waals surface area contributed by atoms with Gasteiger partial charge in [-0.25, -0.2) is 0 Å². The standard InChI is InChI=1S/C19H22O4/c1-4-14-11-15(18(17(14)12-20)19(21)23-3)8-5-13-6-9-16(22-2)10-7-13/h4-10,12,14-15,17-18H,1,11H2,2-3H3/b8-5+/t14?,15-,17+,18?/m1/s1. The molecule has 4 nitrogen and oxygen atoms in total. The summed E-state index contributed by atoms with van der Waals surface area (Å²) in [5.74, 6) is -0.399. The zero-order chi connectivity index (χ0) is 16.8. The molecule has 1 aliphatic carbocycles. The Balaban J connectivity index is 2.20. The summed E-state index contributed by atoms with van der Waals surface area (Å²) in [6.07, 6.45) is 7.29. The van der Waals surface area contributed by atoms with Crippen LogP contribution in [-0.2, 0) is 14.3 Å². The minimum Gasteiger partial charge on any atom is -0.497 e. The molecule has 1 aliphatic rings. The number of carbonyl (C=O) groups is 2. The van der Waals surface area contributed by atoms with Crippen LogP contribution in [0.3, 0.4) is 0 Å². The number of rotatable bonds is 6. The van der Waals surface area contributed by atoms with Crippen molar-refractivity contribution in [1.29, 1.82) is 0 Å². The van der Waals surface area contributed by atoms with Crippen LogP contribution in [0.25, 0.3) is 6.08 Å². The number of carbonyl (C=O) groups excluding carboxylic acids is 2. The largest absolute Gasteiger partial charge is 0.497 e. The lowest BCUT2D eigenvalue weighted by molar-refractivity contribution is -0.148. The molecule has 0 aliphatic heterocycles. The zero-order valence-electron chi connectivity index (χ0n) is 13.5. The number of allylic oxidation sites excluding steroid dienone is 2. The highest BCUT2D eigenvalue weighted by molar-refractivity contribution is 5.78. The zero-order valence-corrected chi connectivity index (χ0v) is 13.5. The van der Waals surface area contributed by atoms with Gasteiger partial charge >= 0.3 is 5.97 Å². The fraction of sp³-hybridized carbons (Fsp3) is 0.368. The van der Waals surface area contributed by atoms with Crippen LogP contribution in [0.15, 0.2) is 43.0 Å². The van der Waals surface area contributed by atoms with Crippen LogP contribution in [0.1, 0.15) is 12.0 Å². The number of hydrogen-bond acceptors (Lipinski definition) is 4. The van der Waals surface area contributed by atoms with Gasteiger partial charge in [-0.1, -0.05) is 30.4 Å². The van der Waals surface area contributed by atoms with Gasteiger partial charge < -0.3 is 14.3 Å². The summed E-state index contributed by atoms with van der Waals surface area (Å²) in [5.41, 5.74) is 1.01. The maximum atomic E-state index is 12.1. The molecule has 0 spiro atoms. The molecule has 23 heavy (non-hydrogen) atoms. The van der Waals surface area contributed by atoms with E-state index in [-0.39, 0.29) is 23.7 Å². The van der Waals surface area contributed by atoms with Crippen LogP contribution in [-0.4, -0.2) is 26.5 Å². The van der Waals surface area contributed by atoms with Crippen molar-refractivity contribution >= 4 is 18.3 Å². The van der Waals surface area contributed by atoms with Gasteiger partial charge in [0, 0.05) is 5.92 Å². The first-order valence-corrected chi connectivity index (χ1v) is 7.62. The van der Waals surface area contributed by atoms with E-state index in [1.807, 2.05) is 36.4 Å². The van der Waals surface area contributed by atoms with Gasteiger partial charge in [0.25, 0.3) is 0 Å². The molecule has 2 rings (SSSR count). The maximum absolute atomic E-state index is 12.1. The number of benzene rings is 1. The maximum Gasteiger partial charge on any atom is 0.310 e. The van der Waals surface area contributed by atoms with Crippen molar-refractivity contribution in [2.24, 2.45) is 23.7 Å². The average Bonchev–Trinajstić information content (AvgIpc) is 2.97. The predicted octanol–water partition coefficient (Wildman–Crippen LogP) is 3.13. The summed E-state index contributed by atoms with van der Waals surface area (Å²) in [6.45, 7) is 3.78. The quantitative estimate of drug-likeness (QED) is 0.460. The molecule has 2 unspecified atom stereocenters. The SMILES string of the molecule is C=CC1C[C@@H](/C=C/c2ccc(OC)cc2)C(C(=O)OC)[C@H]1C=O. The normalized spacial score (nSPS) is 26.9. The Kier molecular flexibility index (Phi) is 5.74. The van der Waals surface area contributed by atoms with E-state index in [0.717, 1.165) is 24.0 Å². The average molecular weight is 314 g/mol. The van der Waals surface area contributed by atoms with Gasteiger partial charge in [0.15, 0.2) is 0 Å². The monoisotopic (exact) mass is 314 g/mol. The summed E-state index contributed by atoms with van der Waals surface area (Å²) >= 11 is 0. The Hall–Kier alpha value is -2.36. The first kappa shape index (κ1) is 17.0. The van der Waals surface area contributed by atoms with Crippen molar-refractivity contribution in [3.8, 4) is 5.75 Å². The molecule has 0 saturated heterocycles. The molecule has 122 valence electrons. The van der Waals surface area contributed by atoms with Crippen molar-refractivity contribution < 1.29 is 19.1 Å². The molecule has 4 heteroatoms. The second-order valence-electron chi connectivity index (χ2n) is 5.69. The predicted molar refractivity (Wildman–Crippen MR) is 88.9 cm³/mol. The summed E-state index contributed by atoms with van der Waals surface area (Å²) in [4.78, 5) is 23.5. The van der Waals surface area contributed by atoms with Crippen LogP contribution < -0.4 is 4.74 Å². The molecule has 1 aromatic carbocycles. The Morgan fingerprint density at radius 2 is 1.91 bits per heavy atom.